The molecule has 1 unspecified atom stereocenters. The summed E-state index contributed by atoms with van der Waals surface area (Å²) < 4.78 is 0. The first kappa shape index (κ1) is 12.9. The fourth-order valence-corrected chi connectivity index (χ4v) is 2.98. The van der Waals surface area contributed by atoms with Gasteiger partial charge in [-0.05, 0) is 50.0 Å². The summed E-state index contributed by atoms with van der Waals surface area (Å²) >= 11 is 6.11. The number of piperidine rings is 1. The third kappa shape index (κ3) is 3.46. The molecule has 1 aliphatic rings. The van der Waals surface area contributed by atoms with Crippen LogP contribution in [0.2, 0.25) is 5.02 Å². The molecule has 1 heterocycles. The predicted molar refractivity (Wildman–Crippen MR) is 74.5 cm³/mol. The van der Waals surface area contributed by atoms with Gasteiger partial charge in [0, 0.05) is 11.1 Å². The van der Waals surface area contributed by atoms with Gasteiger partial charge in [0.2, 0.25) is 0 Å². The van der Waals surface area contributed by atoms with E-state index in [9.17, 15) is 0 Å². The summed E-state index contributed by atoms with van der Waals surface area (Å²) in [5.41, 5.74) is 1.39. The molecule has 1 atom stereocenters. The zero-order valence-corrected chi connectivity index (χ0v) is 11.4. The van der Waals surface area contributed by atoms with Gasteiger partial charge in [-0.1, -0.05) is 43.5 Å². The maximum atomic E-state index is 6.11. The Morgan fingerprint density at radius 1 is 1.24 bits per heavy atom. The van der Waals surface area contributed by atoms with Gasteiger partial charge in [0.25, 0.3) is 0 Å². The third-order valence-electron chi connectivity index (χ3n) is 3.63. The fourth-order valence-electron chi connectivity index (χ4n) is 2.78. The molecule has 94 valence electrons. The number of rotatable bonds is 4. The fraction of sp³-hybridized carbons (Fsp3) is 0.600. The minimum atomic E-state index is 0.569. The highest BCUT2D eigenvalue weighted by Crippen LogP contribution is 2.29. The lowest BCUT2D eigenvalue weighted by Crippen LogP contribution is -2.33. The second-order valence-electron chi connectivity index (χ2n) is 4.96. The van der Waals surface area contributed by atoms with Crippen molar-refractivity contribution in [2.45, 2.75) is 45.1 Å². The lowest BCUT2D eigenvalue weighted by atomic mass is 9.98. The Kier molecular flexibility index (Phi) is 4.87. The molecule has 1 aromatic carbocycles. The van der Waals surface area contributed by atoms with Crippen LogP contribution in [0.3, 0.4) is 0 Å². The van der Waals surface area contributed by atoms with Crippen LogP contribution in [0, 0.1) is 0 Å². The van der Waals surface area contributed by atoms with E-state index >= 15 is 0 Å². The van der Waals surface area contributed by atoms with Crippen LogP contribution in [0.25, 0.3) is 0 Å². The number of hydrogen-bond acceptors (Lipinski definition) is 1. The monoisotopic (exact) mass is 251 g/mol. The summed E-state index contributed by atoms with van der Waals surface area (Å²) in [6, 6.07) is 8.96. The van der Waals surface area contributed by atoms with Gasteiger partial charge in [0.05, 0.1) is 0 Å². The van der Waals surface area contributed by atoms with Crippen molar-refractivity contribution in [3.63, 3.8) is 0 Å². The van der Waals surface area contributed by atoms with Gasteiger partial charge in [-0.3, -0.25) is 4.90 Å². The number of benzene rings is 1. The molecule has 1 saturated heterocycles. The van der Waals surface area contributed by atoms with Crippen LogP contribution in [-0.2, 0) is 0 Å². The van der Waals surface area contributed by atoms with E-state index in [0.29, 0.717) is 6.04 Å². The molecular formula is C15H22ClN. The summed E-state index contributed by atoms with van der Waals surface area (Å²) in [4.78, 5) is 2.64. The maximum absolute atomic E-state index is 6.11. The Bertz CT molecular complexity index is 345. The molecular weight excluding hydrogens is 230 g/mol. The van der Waals surface area contributed by atoms with E-state index < -0.39 is 0 Å². The second-order valence-corrected chi connectivity index (χ2v) is 5.39. The first-order valence-electron chi connectivity index (χ1n) is 6.81. The minimum absolute atomic E-state index is 0.569. The van der Waals surface area contributed by atoms with Gasteiger partial charge in [0.15, 0.2) is 0 Å². The van der Waals surface area contributed by atoms with Crippen LogP contribution in [0.15, 0.2) is 24.3 Å². The molecule has 1 aliphatic heterocycles. The average Bonchev–Trinajstić information content (AvgIpc) is 2.37. The molecule has 1 nitrogen and oxygen atoms in total. The predicted octanol–water partition coefficient (Wildman–Crippen LogP) is 4.67. The minimum Gasteiger partial charge on any atom is -0.296 e. The van der Waals surface area contributed by atoms with E-state index in [4.69, 9.17) is 11.6 Å². The van der Waals surface area contributed by atoms with E-state index in [1.807, 2.05) is 6.07 Å². The van der Waals surface area contributed by atoms with Gasteiger partial charge in [-0.25, -0.2) is 0 Å². The Labute approximate surface area is 110 Å². The van der Waals surface area contributed by atoms with Crippen LogP contribution in [0.5, 0.6) is 0 Å². The molecule has 0 amide bonds. The van der Waals surface area contributed by atoms with Crippen molar-refractivity contribution in [1.29, 1.82) is 0 Å². The SMILES string of the molecule is CCCC(c1cccc(Cl)c1)N1CCCCC1. The number of likely N-dealkylation sites (tertiary alicyclic amines) is 1. The van der Waals surface area contributed by atoms with Crippen molar-refractivity contribution in [3.8, 4) is 0 Å². The molecule has 1 fully saturated rings. The molecule has 2 rings (SSSR count). The molecule has 0 aliphatic carbocycles. The van der Waals surface area contributed by atoms with E-state index in [1.54, 1.807) is 0 Å². The van der Waals surface area contributed by atoms with Gasteiger partial charge in [-0.2, -0.15) is 0 Å². The van der Waals surface area contributed by atoms with Crippen molar-refractivity contribution < 1.29 is 0 Å². The highest BCUT2D eigenvalue weighted by Gasteiger charge is 2.21. The van der Waals surface area contributed by atoms with Gasteiger partial charge in [0.1, 0.15) is 0 Å². The van der Waals surface area contributed by atoms with Crippen LogP contribution in [0.1, 0.15) is 50.6 Å². The first-order valence-corrected chi connectivity index (χ1v) is 7.18. The van der Waals surface area contributed by atoms with Crippen molar-refractivity contribution in [1.82, 2.24) is 4.90 Å². The number of nitrogens with zero attached hydrogens (tertiary/aromatic N) is 1. The Morgan fingerprint density at radius 2 is 2.00 bits per heavy atom. The number of halogens is 1. The summed E-state index contributed by atoms with van der Waals surface area (Å²) in [6.07, 6.45) is 6.56. The van der Waals surface area contributed by atoms with Crippen molar-refractivity contribution in [2.24, 2.45) is 0 Å². The molecule has 0 aromatic heterocycles. The smallest absolute Gasteiger partial charge is 0.0409 e. The van der Waals surface area contributed by atoms with Crippen molar-refractivity contribution in [2.75, 3.05) is 13.1 Å². The van der Waals surface area contributed by atoms with Crippen LogP contribution >= 0.6 is 11.6 Å². The molecule has 0 bridgehead atoms. The van der Waals surface area contributed by atoms with E-state index in [0.717, 1.165) is 5.02 Å². The Balaban J connectivity index is 2.15. The third-order valence-corrected chi connectivity index (χ3v) is 3.86. The molecule has 0 radical (unpaired) electrons. The van der Waals surface area contributed by atoms with Crippen molar-refractivity contribution in [3.05, 3.63) is 34.9 Å². The zero-order chi connectivity index (χ0) is 12.1. The number of hydrogen-bond donors (Lipinski definition) is 0. The summed E-state index contributed by atoms with van der Waals surface area (Å²) in [5, 5.41) is 0.862. The standard InChI is InChI=1S/C15H22ClN/c1-2-7-15(17-10-4-3-5-11-17)13-8-6-9-14(16)12-13/h6,8-9,12,15H,2-5,7,10-11H2,1H3. The second kappa shape index (κ2) is 6.42. The van der Waals surface area contributed by atoms with Gasteiger partial charge in [-0.15, -0.1) is 0 Å². The molecule has 2 heteroatoms. The molecule has 0 spiro atoms. The van der Waals surface area contributed by atoms with Crippen LogP contribution < -0.4 is 0 Å². The Hall–Kier alpha value is -0.530. The highest BCUT2D eigenvalue weighted by molar-refractivity contribution is 6.30. The summed E-state index contributed by atoms with van der Waals surface area (Å²) in [6.45, 7) is 4.76. The normalized spacial score (nSPS) is 19.2. The lowest BCUT2D eigenvalue weighted by molar-refractivity contribution is 0.155. The van der Waals surface area contributed by atoms with Gasteiger partial charge >= 0.3 is 0 Å². The lowest BCUT2D eigenvalue weighted by Gasteiger charge is -2.35. The quantitative estimate of drug-likeness (QED) is 0.752. The summed E-state index contributed by atoms with van der Waals surface area (Å²) in [7, 11) is 0. The average molecular weight is 252 g/mol. The molecule has 1 aromatic rings. The molecule has 17 heavy (non-hydrogen) atoms. The summed E-state index contributed by atoms with van der Waals surface area (Å²) in [5.74, 6) is 0. The highest BCUT2D eigenvalue weighted by atomic mass is 35.5. The van der Waals surface area contributed by atoms with Crippen LogP contribution in [-0.4, -0.2) is 18.0 Å². The van der Waals surface area contributed by atoms with Crippen molar-refractivity contribution >= 4 is 11.6 Å². The Morgan fingerprint density at radius 3 is 2.65 bits per heavy atom. The topological polar surface area (TPSA) is 3.24 Å². The maximum Gasteiger partial charge on any atom is 0.0409 e. The first-order chi connectivity index (χ1) is 8.31. The van der Waals surface area contributed by atoms with Gasteiger partial charge < -0.3 is 0 Å². The van der Waals surface area contributed by atoms with E-state index in [-0.39, 0.29) is 0 Å². The van der Waals surface area contributed by atoms with E-state index in [2.05, 4.69) is 30.0 Å². The van der Waals surface area contributed by atoms with Crippen LogP contribution in [0.4, 0.5) is 0 Å². The molecule has 0 saturated carbocycles. The molecule has 0 N–H and O–H groups in total. The van der Waals surface area contributed by atoms with E-state index in [1.165, 1.54) is 50.8 Å². The largest absolute Gasteiger partial charge is 0.296 e. The zero-order valence-electron chi connectivity index (χ0n) is 10.7.